The van der Waals surface area contributed by atoms with Gasteiger partial charge in [-0.15, -0.1) is 0 Å². The predicted molar refractivity (Wildman–Crippen MR) is 105 cm³/mol. The molecule has 6 nitrogen and oxygen atoms in total. The van der Waals surface area contributed by atoms with Crippen LogP contribution in [0.3, 0.4) is 0 Å². The summed E-state index contributed by atoms with van der Waals surface area (Å²) in [6, 6.07) is 13.4. The van der Waals surface area contributed by atoms with Crippen molar-refractivity contribution in [3.63, 3.8) is 0 Å². The number of carbonyl (C=O) groups is 1. The van der Waals surface area contributed by atoms with Crippen LogP contribution in [0.15, 0.2) is 47.6 Å². The van der Waals surface area contributed by atoms with Gasteiger partial charge in [-0.2, -0.15) is 0 Å². The molecule has 0 radical (unpaired) electrons. The summed E-state index contributed by atoms with van der Waals surface area (Å²) in [7, 11) is 3.16. The van der Waals surface area contributed by atoms with Gasteiger partial charge >= 0.3 is 0 Å². The molecule has 2 aromatic carbocycles. The number of ether oxygens (including phenoxy) is 2. The van der Waals surface area contributed by atoms with Gasteiger partial charge in [-0.3, -0.25) is 4.79 Å². The highest BCUT2D eigenvalue weighted by atomic mass is 16.6. The molecule has 0 heterocycles. The maximum atomic E-state index is 12.0. The molecular weight excluding hydrogens is 344 g/mol. The van der Waals surface area contributed by atoms with Gasteiger partial charge in [-0.05, 0) is 42.7 Å². The normalized spacial score (nSPS) is 11.9. The van der Waals surface area contributed by atoms with Crippen molar-refractivity contribution < 1.29 is 19.1 Å². The lowest BCUT2D eigenvalue weighted by Gasteiger charge is -2.14. The summed E-state index contributed by atoms with van der Waals surface area (Å²) in [5.41, 5.74) is 3.01. The molecule has 0 saturated carbocycles. The van der Waals surface area contributed by atoms with E-state index in [2.05, 4.69) is 29.5 Å². The number of aryl methyl sites for hydroxylation is 1. The van der Waals surface area contributed by atoms with Crippen molar-refractivity contribution in [1.82, 2.24) is 5.32 Å². The van der Waals surface area contributed by atoms with E-state index >= 15 is 0 Å². The highest BCUT2D eigenvalue weighted by Gasteiger charge is 2.10. The number of hydrogen-bond acceptors (Lipinski definition) is 5. The van der Waals surface area contributed by atoms with E-state index in [9.17, 15) is 4.79 Å². The zero-order valence-corrected chi connectivity index (χ0v) is 16.2. The monoisotopic (exact) mass is 370 g/mol. The van der Waals surface area contributed by atoms with Crippen molar-refractivity contribution >= 4 is 12.1 Å². The van der Waals surface area contributed by atoms with Crippen LogP contribution in [-0.2, 0) is 16.1 Å². The molecule has 0 saturated heterocycles. The van der Waals surface area contributed by atoms with Crippen molar-refractivity contribution in [2.75, 3.05) is 20.8 Å². The molecule has 0 aliphatic carbocycles. The van der Waals surface area contributed by atoms with Crippen molar-refractivity contribution in [2.24, 2.45) is 5.16 Å². The molecule has 1 amide bonds. The molecule has 0 unspecified atom stereocenters. The summed E-state index contributed by atoms with van der Waals surface area (Å²) < 4.78 is 10.4. The second-order valence-corrected chi connectivity index (χ2v) is 6.00. The zero-order chi connectivity index (χ0) is 19.6. The zero-order valence-electron chi connectivity index (χ0n) is 16.2. The van der Waals surface area contributed by atoms with E-state index < -0.39 is 0 Å². The summed E-state index contributed by atoms with van der Waals surface area (Å²) in [4.78, 5) is 17.1. The first kappa shape index (κ1) is 20.3. The number of nitrogens with one attached hydrogen (secondary N) is 1. The highest BCUT2D eigenvalue weighted by molar-refractivity contribution is 5.84. The second kappa shape index (κ2) is 10.2. The average Bonchev–Trinajstić information content (AvgIpc) is 2.71. The third kappa shape index (κ3) is 6.02. The summed E-state index contributed by atoms with van der Waals surface area (Å²) >= 11 is 0. The van der Waals surface area contributed by atoms with E-state index in [0.717, 1.165) is 12.0 Å². The van der Waals surface area contributed by atoms with Crippen molar-refractivity contribution in [3.8, 4) is 11.5 Å². The van der Waals surface area contributed by atoms with E-state index in [1.165, 1.54) is 11.8 Å². The van der Waals surface area contributed by atoms with Crippen molar-refractivity contribution in [3.05, 3.63) is 59.2 Å². The van der Waals surface area contributed by atoms with Gasteiger partial charge < -0.3 is 19.6 Å². The number of nitrogens with zero attached hydrogens (tertiary/aromatic N) is 1. The summed E-state index contributed by atoms with van der Waals surface area (Å²) in [6.45, 7) is 3.88. The SMILES string of the molecule is CCc1ccc([C@H](C)NC(=O)CO/N=C\c2cc(OC)ccc2OC)cc1. The fourth-order valence-corrected chi connectivity index (χ4v) is 2.54. The molecule has 0 bridgehead atoms. The van der Waals surface area contributed by atoms with Gasteiger partial charge in [0.25, 0.3) is 5.91 Å². The molecule has 1 atom stereocenters. The summed E-state index contributed by atoms with van der Waals surface area (Å²) in [5.74, 6) is 1.08. The standard InChI is InChI=1S/C21H26N2O4/c1-5-16-6-8-17(9-7-16)15(2)23-21(24)14-27-22-13-18-12-19(25-3)10-11-20(18)26-4/h6-13,15H,5,14H2,1-4H3,(H,23,24)/b22-13-/t15-/m0/s1. The van der Waals surface area contributed by atoms with E-state index in [0.29, 0.717) is 17.1 Å². The highest BCUT2D eigenvalue weighted by Crippen LogP contribution is 2.22. The molecule has 144 valence electrons. The molecule has 0 fully saturated rings. The van der Waals surface area contributed by atoms with Gasteiger partial charge in [0.05, 0.1) is 26.5 Å². The average molecular weight is 370 g/mol. The van der Waals surface area contributed by atoms with Crippen molar-refractivity contribution in [1.29, 1.82) is 0 Å². The molecule has 27 heavy (non-hydrogen) atoms. The lowest BCUT2D eigenvalue weighted by atomic mass is 10.1. The topological polar surface area (TPSA) is 69.2 Å². The van der Waals surface area contributed by atoms with Crippen LogP contribution in [0.25, 0.3) is 0 Å². The number of methoxy groups -OCH3 is 2. The Balaban J connectivity index is 1.85. The molecule has 6 heteroatoms. The Morgan fingerprint density at radius 1 is 1.15 bits per heavy atom. The first-order valence-electron chi connectivity index (χ1n) is 8.83. The first-order valence-corrected chi connectivity index (χ1v) is 8.83. The number of hydrogen-bond donors (Lipinski definition) is 1. The van der Waals surface area contributed by atoms with Gasteiger partial charge in [-0.25, -0.2) is 0 Å². The Kier molecular flexibility index (Phi) is 7.67. The maximum Gasteiger partial charge on any atom is 0.261 e. The number of oxime groups is 1. The van der Waals surface area contributed by atoms with Crippen molar-refractivity contribution in [2.45, 2.75) is 26.3 Å². The number of rotatable bonds is 9. The second-order valence-electron chi connectivity index (χ2n) is 6.00. The molecule has 2 rings (SSSR count). The number of carbonyl (C=O) groups excluding carboxylic acids is 1. The van der Waals surface area contributed by atoms with E-state index in [4.69, 9.17) is 14.3 Å². The fraction of sp³-hybridized carbons (Fsp3) is 0.333. The Morgan fingerprint density at radius 3 is 2.52 bits per heavy atom. The van der Waals surface area contributed by atoms with E-state index in [-0.39, 0.29) is 18.6 Å². The van der Waals surface area contributed by atoms with E-state index in [1.54, 1.807) is 32.4 Å². The summed E-state index contributed by atoms with van der Waals surface area (Å²) in [6.07, 6.45) is 2.48. The minimum Gasteiger partial charge on any atom is -0.497 e. The lowest BCUT2D eigenvalue weighted by molar-refractivity contribution is -0.126. The Morgan fingerprint density at radius 2 is 1.89 bits per heavy atom. The molecule has 1 N–H and O–H groups in total. The largest absolute Gasteiger partial charge is 0.497 e. The Labute approximate surface area is 160 Å². The molecule has 2 aromatic rings. The Bertz CT molecular complexity index is 772. The van der Waals surface area contributed by atoms with Crippen LogP contribution in [0, 0.1) is 0 Å². The quantitative estimate of drug-likeness (QED) is 0.542. The third-order valence-corrected chi connectivity index (χ3v) is 4.16. The number of amides is 1. The smallest absolute Gasteiger partial charge is 0.261 e. The lowest BCUT2D eigenvalue weighted by Crippen LogP contribution is -2.29. The van der Waals surface area contributed by atoms with Gasteiger partial charge in [0.15, 0.2) is 6.61 Å². The predicted octanol–water partition coefficient (Wildman–Crippen LogP) is 3.49. The molecule has 0 aromatic heterocycles. The first-order chi connectivity index (χ1) is 13.1. The maximum absolute atomic E-state index is 12.0. The van der Waals surface area contributed by atoms with Crippen LogP contribution in [0.4, 0.5) is 0 Å². The summed E-state index contributed by atoms with van der Waals surface area (Å²) in [5, 5.41) is 6.74. The van der Waals surface area contributed by atoms with Crippen LogP contribution >= 0.6 is 0 Å². The van der Waals surface area contributed by atoms with Crippen LogP contribution in [0.5, 0.6) is 11.5 Å². The van der Waals surface area contributed by atoms with Gasteiger partial charge in [0, 0.05) is 5.56 Å². The molecular formula is C21H26N2O4. The number of benzene rings is 2. The molecule has 0 spiro atoms. The van der Waals surface area contributed by atoms with E-state index in [1.807, 2.05) is 19.1 Å². The molecule has 0 aliphatic heterocycles. The van der Waals surface area contributed by atoms with Gasteiger partial charge in [-0.1, -0.05) is 36.3 Å². The van der Waals surface area contributed by atoms with Crippen LogP contribution in [-0.4, -0.2) is 32.9 Å². The van der Waals surface area contributed by atoms with Crippen LogP contribution in [0.2, 0.25) is 0 Å². The van der Waals surface area contributed by atoms with Gasteiger partial charge in [0.1, 0.15) is 11.5 Å². The van der Waals surface area contributed by atoms with Crippen LogP contribution < -0.4 is 14.8 Å². The Hall–Kier alpha value is -3.02. The minimum absolute atomic E-state index is 0.102. The fourth-order valence-electron chi connectivity index (χ4n) is 2.54. The van der Waals surface area contributed by atoms with Gasteiger partial charge in [0.2, 0.25) is 0 Å². The third-order valence-electron chi connectivity index (χ3n) is 4.16. The molecule has 0 aliphatic rings. The minimum atomic E-state index is -0.239. The van der Waals surface area contributed by atoms with Crippen LogP contribution in [0.1, 0.15) is 36.6 Å².